The Morgan fingerprint density at radius 2 is 1.94 bits per heavy atom. The second-order valence-corrected chi connectivity index (χ2v) is 4.67. The van der Waals surface area contributed by atoms with Crippen LogP contribution < -0.4 is 16.6 Å². The fraction of sp³-hybridized carbons (Fsp3) is 0.727. The zero-order valence-electron chi connectivity index (χ0n) is 11.5. The third-order valence-electron chi connectivity index (χ3n) is 2.54. The molecule has 0 aliphatic rings. The molecule has 0 radical (unpaired) electrons. The van der Waals surface area contributed by atoms with Crippen molar-refractivity contribution in [1.29, 1.82) is 0 Å². The molecule has 0 fully saturated rings. The molecule has 7 nitrogen and oxygen atoms in total. The second kappa shape index (κ2) is 5.34. The van der Waals surface area contributed by atoms with Crippen molar-refractivity contribution in [3.63, 3.8) is 0 Å². The highest BCUT2D eigenvalue weighted by Crippen LogP contribution is 2.08. The van der Waals surface area contributed by atoms with Gasteiger partial charge in [0, 0.05) is 27.2 Å². The van der Waals surface area contributed by atoms with Gasteiger partial charge < -0.3 is 10.1 Å². The lowest BCUT2D eigenvalue weighted by Gasteiger charge is -2.25. The van der Waals surface area contributed by atoms with Crippen molar-refractivity contribution in [3.8, 4) is 0 Å². The van der Waals surface area contributed by atoms with Crippen LogP contribution in [-0.2, 0) is 18.8 Å². The summed E-state index contributed by atoms with van der Waals surface area (Å²) in [4.78, 5) is 23.3. The highest BCUT2D eigenvalue weighted by atomic mass is 16.5. The third kappa shape index (κ3) is 3.19. The van der Waals surface area contributed by atoms with Crippen LogP contribution in [0.1, 0.15) is 20.8 Å². The summed E-state index contributed by atoms with van der Waals surface area (Å²) in [5.41, 5.74) is -1.30. The van der Waals surface area contributed by atoms with E-state index in [1.807, 2.05) is 20.8 Å². The number of aryl methyl sites for hydroxylation is 1. The predicted octanol–water partition coefficient (Wildman–Crippen LogP) is -0.294. The molecular weight excluding hydrogens is 236 g/mol. The van der Waals surface area contributed by atoms with Crippen molar-refractivity contribution < 1.29 is 4.74 Å². The van der Waals surface area contributed by atoms with Gasteiger partial charge in [-0.15, -0.1) is 5.10 Å². The minimum Gasteiger partial charge on any atom is -0.374 e. The lowest BCUT2D eigenvalue weighted by atomic mass is 10.1. The highest BCUT2D eigenvalue weighted by molar-refractivity contribution is 5.30. The summed E-state index contributed by atoms with van der Waals surface area (Å²) in [5.74, 6) is 0.146. The summed E-state index contributed by atoms with van der Waals surface area (Å²) in [7, 11) is 2.92. The van der Waals surface area contributed by atoms with Crippen LogP contribution in [-0.4, -0.2) is 33.1 Å². The van der Waals surface area contributed by atoms with E-state index in [0.29, 0.717) is 13.2 Å². The first-order valence-corrected chi connectivity index (χ1v) is 5.80. The van der Waals surface area contributed by atoms with Crippen LogP contribution in [0.15, 0.2) is 9.59 Å². The maximum atomic E-state index is 11.8. The molecule has 0 spiro atoms. The van der Waals surface area contributed by atoms with Crippen molar-refractivity contribution >= 4 is 5.82 Å². The van der Waals surface area contributed by atoms with Crippen LogP contribution in [0.25, 0.3) is 0 Å². The lowest BCUT2D eigenvalue weighted by molar-refractivity contribution is 0.000593. The normalized spacial score (nSPS) is 11.6. The molecule has 1 aromatic heterocycles. The smallest absolute Gasteiger partial charge is 0.346 e. The first-order valence-electron chi connectivity index (χ1n) is 5.80. The van der Waals surface area contributed by atoms with Gasteiger partial charge in [0.1, 0.15) is 0 Å². The molecule has 0 saturated heterocycles. The van der Waals surface area contributed by atoms with Crippen molar-refractivity contribution in [2.75, 3.05) is 18.5 Å². The zero-order valence-corrected chi connectivity index (χ0v) is 11.5. The summed E-state index contributed by atoms with van der Waals surface area (Å²) in [6.07, 6.45) is 0. The van der Waals surface area contributed by atoms with Gasteiger partial charge in [0.2, 0.25) is 5.82 Å². The Morgan fingerprint density at radius 3 is 2.50 bits per heavy atom. The second-order valence-electron chi connectivity index (χ2n) is 4.67. The molecular formula is C11H20N4O3. The van der Waals surface area contributed by atoms with Crippen molar-refractivity contribution in [3.05, 3.63) is 20.8 Å². The fourth-order valence-corrected chi connectivity index (χ4v) is 1.55. The fourth-order valence-electron chi connectivity index (χ4n) is 1.55. The average Bonchev–Trinajstić information content (AvgIpc) is 2.29. The Bertz CT molecular complexity index is 530. The van der Waals surface area contributed by atoms with Crippen molar-refractivity contribution in [2.45, 2.75) is 26.4 Å². The van der Waals surface area contributed by atoms with Crippen LogP contribution in [0.3, 0.4) is 0 Å². The Kier molecular flexibility index (Phi) is 4.28. The number of hydrogen-bond acceptors (Lipinski definition) is 5. The quantitative estimate of drug-likeness (QED) is 0.783. The molecule has 0 atom stereocenters. The molecule has 102 valence electrons. The van der Waals surface area contributed by atoms with Gasteiger partial charge in [-0.1, -0.05) is 0 Å². The molecule has 0 aromatic carbocycles. The summed E-state index contributed by atoms with van der Waals surface area (Å²) in [6.45, 7) is 6.76. The molecule has 0 unspecified atom stereocenters. The molecule has 1 N–H and O–H groups in total. The summed E-state index contributed by atoms with van der Waals surface area (Å²) < 4.78 is 7.65. The van der Waals surface area contributed by atoms with E-state index in [-0.39, 0.29) is 5.82 Å². The molecule has 0 aliphatic carbocycles. The van der Waals surface area contributed by atoms with Gasteiger partial charge in [-0.3, -0.25) is 9.36 Å². The molecule has 1 heterocycles. The summed E-state index contributed by atoms with van der Waals surface area (Å²) in [6, 6.07) is 0. The molecule has 0 bridgehead atoms. The Morgan fingerprint density at radius 1 is 1.33 bits per heavy atom. The van der Waals surface area contributed by atoms with Crippen LogP contribution >= 0.6 is 0 Å². The Balaban J connectivity index is 2.94. The van der Waals surface area contributed by atoms with Gasteiger partial charge in [-0.05, 0) is 20.8 Å². The largest absolute Gasteiger partial charge is 0.374 e. The number of nitrogens with zero attached hydrogens (tertiary/aromatic N) is 3. The number of hydrogen-bond donors (Lipinski definition) is 1. The number of ether oxygens (including phenoxy) is 1. The average molecular weight is 256 g/mol. The Labute approximate surface area is 105 Å². The van der Waals surface area contributed by atoms with E-state index in [2.05, 4.69) is 10.4 Å². The molecule has 0 saturated carbocycles. The minimum absolute atomic E-state index is 0.146. The minimum atomic E-state index is -0.449. The van der Waals surface area contributed by atoms with Gasteiger partial charge in [0.15, 0.2) is 0 Å². The SMILES string of the molecule is CCOC(C)(C)CNc1nn(C)c(=O)n(C)c1=O. The molecule has 0 amide bonds. The molecule has 1 aromatic rings. The van der Waals surface area contributed by atoms with Crippen LogP contribution in [0, 0.1) is 0 Å². The van der Waals surface area contributed by atoms with E-state index in [9.17, 15) is 9.59 Å². The van der Waals surface area contributed by atoms with E-state index < -0.39 is 16.9 Å². The number of aromatic nitrogens is 3. The van der Waals surface area contributed by atoms with Crippen molar-refractivity contribution in [1.82, 2.24) is 14.3 Å². The van der Waals surface area contributed by atoms with Gasteiger partial charge in [0.25, 0.3) is 5.56 Å². The first kappa shape index (κ1) is 14.4. The zero-order chi connectivity index (χ0) is 13.9. The van der Waals surface area contributed by atoms with E-state index >= 15 is 0 Å². The number of anilines is 1. The monoisotopic (exact) mass is 256 g/mol. The van der Waals surface area contributed by atoms with Crippen molar-refractivity contribution in [2.24, 2.45) is 14.1 Å². The van der Waals surface area contributed by atoms with Gasteiger partial charge >= 0.3 is 5.69 Å². The van der Waals surface area contributed by atoms with Crippen LogP contribution in [0.5, 0.6) is 0 Å². The standard InChI is InChI=1S/C11H20N4O3/c1-6-18-11(2,3)7-12-8-9(16)14(4)10(17)15(5)13-8/h6-7H2,1-5H3,(H,12,13). The van der Waals surface area contributed by atoms with E-state index in [0.717, 1.165) is 9.25 Å². The summed E-state index contributed by atoms with van der Waals surface area (Å²) >= 11 is 0. The first-order chi connectivity index (χ1) is 8.28. The van der Waals surface area contributed by atoms with Crippen LogP contribution in [0.4, 0.5) is 5.82 Å². The molecule has 7 heteroatoms. The molecule has 1 rings (SSSR count). The highest BCUT2D eigenvalue weighted by Gasteiger charge is 2.19. The van der Waals surface area contributed by atoms with Gasteiger partial charge in [-0.2, -0.15) is 0 Å². The van der Waals surface area contributed by atoms with Crippen LogP contribution in [0.2, 0.25) is 0 Å². The maximum absolute atomic E-state index is 11.8. The number of rotatable bonds is 5. The maximum Gasteiger partial charge on any atom is 0.346 e. The number of nitrogens with one attached hydrogen (secondary N) is 1. The van der Waals surface area contributed by atoms with E-state index in [4.69, 9.17) is 4.74 Å². The molecule has 18 heavy (non-hydrogen) atoms. The lowest BCUT2D eigenvalue weighted by Crippen LogP contribution is -2.42. The topological polar surface area (TPSA) is 78.2 Å². The third-order valence-corrected chi connectivity index (χ3v) is 2.54. The van der Waals surface area contributed by atoms with Gasteiger partial charge in [0.05, 0.1) is 5.60 Å². The van der Waals surface area contributed by atoms with E-state index in [1.54, 1.807) is 0 Å². The van der Waals surface area contributed by atoms with Gasteiger partial charge in [-0.25, -0.2) is 9.48 Å². The predicted molar refractivity (Wildman–Crippen MR) is 68.9 cm³/mol. The summed E-state index contributed by atoms with van der Waals surface area (Å²) in [5, 5.41) is 6.82. The Hall–Kier alpha value is -1.63. The van der Waals surface area contributed by atoms with E-state index in [1.165, 1.54) is 14.1 Å². The molecule has 0 aliphatic heterocycles.